The van der Waals surface area contributed by atoms with Crippen molar-refractivity contribution in [1.82, 2.24) is 15.2 Å². The summed E-state index contributed by atoms with van der Waals surface area (Å²) in [4.78, 5) is 3.96. The molecular weight excluding hydrogens is 220 g/mol. The van der Waals surface area contributed by atoms with Crippen molar-refractivity contribution in [2.45, 2.75) is 5.16 Å². The lowest BCUT2D eigenvalue weighted by molar-refractivity contribution is 0.976. The molecule has 0 fully saturated rings. The van der Waals surface area contributed by atoms with Crippen molar-refractivity contribution in [3.63, 3.8) is 0 Å². The summed E-state index contributed by atoms with van der Waals surface area (Å²) in [6.45, 7) is 0. The lowest BCUT2D eigenvalue weighted by atomic mass is 10.2. The molecule has 4 nitrogen and oxygen atoms in total. The maximum atomic E-state index is 5.40. The Kier molecular flexibility index (Phi) is 3.46. The molecular formula is C11H10N4S. The van der Waals surface area contributed by atoms with Gasteiger partial charge in [-0.05, 0) is 12.1 Å². The fourth-order valence-electron chi connectivity index (χ4n) is 1.08. The normalized spacial score (nSPS) is 9.50. The quantitative estimate of drug-likeness (QED) is 0.606. The summed E-state index contributed by atoms with van der Waals surface area (Å²) in [5.41, 5.74) is 6.41. The molecule has 0 aliphatic heterocycles. The molecule has 0 amide bonds. The van der Waals surface area contributed by atoms with Crippen molar-refractivity contribution in [2.24, 2.45) is 0 Å². The van der Waals surface area contributed by atoms with Gasteiger partial charge in [-0.25, -0.2) is 5.10 Å². The molecule has 1 heterocycles. The standard InChI is InChI=1S/C11H10N4S/c12-10-13-11(15-14-10)16-8-4-7-9-5-2-1-3-6-9/h1-3,5-6H,8H2,(H3,12,13,14,15). The molecule has 16 heavy (non-hydrogen) atoms. The number of hydrogen-bond donors (Lipinski definition) is 2. The Hall–Kier alpha value is -1.93. The van der Waals surface area contributed by atoms with Crippen LogP contribution in [0.25, 0.3) is 0 Å². The van der Waals surface area contributed by atoms with Crippen molar-refractivity contribution in [3.8, 4) is 11.8 Å². The number of nitrogens with two attached hydrogens (primary N) is 1. The first-order valence-electron chi connectivity index (χ1n) is 4.69. The first-order valence-corrected chi connectivity index (χ1v) is 5.68. The molecule has 1 aromatic heterocycles. The van der Waals surface area contributed by atoms with Crippen LogP contribution in [0.2, 0.25) is 0 Å². The first kappa shape index (κ1) is 10.6. The van der Waals surface area contributed by atoms with E-state index in [4.69, 9.17) is 5.73 Å². The highest BCUT2D eigenvalue weighted by Crippen LogP contribution is 2.11. The summed E-state index contributed by atoms with van der Waals surface area (Å²) in [7, 11) is 0. The van der Waals surface area contributed by atoms with Crippen LogP contribution in [0, 0.1) is 11.8 Å². The van der Waals surface area contributed by atoms with Gasteiger partial charge in [0, 0.05) is 5.56 Å². The van der Waals surface area contributed by atoms with Gasteiger partial charge >= 0.3 is 0 Å². The second-order valence-electron chi connectivity index (χ2n) is 2.96. The molecule has 0 unspecified atom stereocenters. The van der Waals surface area contributed by atoms with E-state index in [0.29, 0.717) is 16.9 Å². The number of nitrogens with zero attached hydrogens (tertiary/aromatic N) is 2. The first-order chi connectivity index (χ1) is 7.84. The van der Waals surface area contributed by atoms with Gasteiger partial charge < -0.3 is 5.73 Å². The molecule has 0 spiro atoms. The molecule has 5 heteroatoms. The Labute approximate surface area is 97.7 Å². The van der Waals surface area contributed by atoms with Gasteiger partial charge in [0.15, 0.2) is 0 Å². The van der Waals surface area contributed by atoms with Crippen molar-refractivity contribution in [2.75, 3.05) is 11.5 Å². The van der Waals surface area contributed by atoms with E-state index in [-0.39, 0.29) is 0 Å². The van der Waals surface area contributed by atoms with Crippen LogP contribution in [0.3, 0.4) is 0 Å². The fourth-order valence-corrected chi connectivity index (χ4v) is 1.63. The van der Waals surface area contributed by atoms with Crippen molar-refractivity contribution < 1.29 is 0 Å². The zero-order chi connectivity index (χ0) is 11.2. The molecule has 3 N–H and O–H groups in total. The van der Waals surface area contributed by atoms with Gasteiger partial charge in [0.05, 0.1) is 5.75 Å². The van der Waals surface area contributed by atoms with Gasteiger partial charge in [-0.2, -0.15) is 4.98 Å². The third-order valence-corrected chi connectivity index (χ3v) is 2.49. The van der Waals surface area contributed by atoms with Crippen LogP contribution in [0.4, 0.5) is 5.95 Å². The lowest BCUT2D eigenvalue weighted by Gasteiger charge is -1.87. The van der Waals surface area contributed by atoms with Gasteiger partial charge in [0.25, 0.3) is 0 Å². The number of nitrogens with one attached hydrogen (secondary N) is 1. The van der Waals surface area contributed by atoms with Crippen LogP contribution in [-0.4, -0.2) is 20.9 Å². The average molecular weight is 230 g/mol. The number of aromatic amines is 1. The van der Waals surface area contributed by atoms with E-state index < -0.39 is 0 Å². The van der Waals surface area contributed by atoms with Crippen LogP contribution >= 0.6 is 11.8 Å². The largest absolute Gasteiger partial charge is 0.368 e. The van der Waals surface area contributed by atoms with Gasteiger partial charge in [-0.3, -0.25) is 0 Å². The number of hydrogen-bond acceptors (Lipinski definition) is 4. The summed E-state index contributed by atoms with van der Waals surface area (Å²) >= 11 is 1.45. The minimum atomic E-state index is 0.332. The Bertz CT molecular complexity index is 510. The van der Waals surface area contributed by atoms with Crippen LogP contribution in [0.15, 0.2) is 35.5 Å². The highest BCUT2D eigenvalue weighted by atomic mass is 32.2. The van der Waals surface area contributed by atoms with E-state index in [2.05, 4.69) is 27.0 Å². The van der Waals surface area contributed by atoms with Crippen LogP contribution < -0.4 is 5.73 Å². The Morgan fingerprint density at radius 1 is 1.31 bits per heavy atom. The second kappa shape index (κ2) is 5.24. The maximum Gasteiger partial charge on any atom is 0.216 e. The fraction of sp³-hybridized carbons (Fsp3) is 0.0909. The van der Waals surface area contributed by atoms with Gasteiger partial charge in [0.1, 0.15) is 0 Å². The third kappa shape index (κ3) is 3.04. The molecule has 0 bridgehead atoms. The Morgan fingerprint density at radius 2 is 2.12 bits per heavy atom. The number of thioether (sulfide) groups is 1. The van der Waals surface area contributed by atoms with E-state index in [1.165, 1.54) is 11.8 Å². The van der Waals surface area contributed by atoms with Crippen LogP contribution in [-0.2, 0) is 0 Å². The van der Waals surface area contributed by atoms with E-state index >= 15 is 0 Å². The minimum Gasteiger partial charge on any atom is -0.368 e. The zero-order valence-electron chi connectivity index (χ0n) is 8.47. The third-order valence-electron chi connectivity index (χ3n) is 1.76. The molecule has 0 saturated carbocycles. The predicted molar refractivity (Wildman–Crippen MR) is 64.8 cm³/mol. The number of anilines is 1. The van der Waals surface area contributed by atoms with Crippen molar-refractivity contribution in [3.05, 3.63) is 35.9 Å². The summed E-state index contributed by atoms with van der Waals surface area (Å²) in [6, 6.07) is 9.85. The smallest absolute Gasteiger partial charge is 0.216 e. The molecule has 0 aliphatic carbocycles. The highest BCUT2D eigenvalue weighted by Gasteiger charge is 1.97. The zero-order valence-corrected chi connectivity index (χ0v) is 9.29. The molecule has 0 saturated heterocycles. The summed E-state index contributed by atoms with van der Waals surface area (Å²) in [5.74, 6) is 7.07. The Balaban J connectivity index is 1.87. The Morgan fingerprint density at radius 3 is 2.81 bits per heavy atom. The second-order valence-corrected chi connectivity index (χ2v) is 3.90. The molecule has 0 aliphatic rings. The molecule has 2 aromatic rings. The molecule has 0 atom stereocenters. The highest BCUT2D eigenvalue weighted by molar-refractivity contribution is 7.99. The van der Waals surface area contributed by atoms with E-state index in [9.17, 15) is 0 Å². The van der Waals surface area contributed by atoms with E-state index in [1.54, 1.807) is 0 Å². The van der Waals surface area contributed by atoms with Gasteiger partial charge in [-0.15, -0.1) is 5.10 Å². The number of aromatic nitrogens is 3. The number of nitrogen functional groups attached to an aromatic ring is 1. The average Bonchev–Trinajstić information content (AvgIpc) is 2.72. The van der Waals surface area contributed by atoms with Crippen LogP contribution in [0.1, 0.15) is 5.56 Å². The maximum absolute atomic E-state index is 5.40. The lowest BCUT2D eigenvalue weighted by Crippen LogP contribution is -1.85. The topological polar surface area (TPSA) is 67.6 Å². The van der Waals surface area contributed by atoms with Gasteiger partial charge in [0.2, 0.25) is 11.1 Å². The molecule has 0 radical (unpaired) electrons. The van der Waals surface area contributed by atoms with Gasteiger partial charge in [-0.1, -0.05) is 41.8 Å². The minimum absolute atomic E-state index is 0.332. The van der Waals surface area contributed by atoms with Crippen LogP contribution in [0.5, 0.6) is 0 Å². The summed E-state index contributed by atoms with van der Waals surface area (Å²) < 4.78 is 0. The molecule has 80 valence electrons. The monoisotopic (exact) mass is 230 g/mol. The number of H-pyrrole nitrogens is 1. The molecule has 1 aromatic carbocycles. The predicted octanol–water partition coefficient (Wildman–Crippen LogP) is 1.53. The molecule has 2 rings (SSSR count). The van der Waals surface area contributed by atoms with Crippen molar-refractivity contribution >= 4 is 17.7 Å². The number of rotatable bonds is 2. The SMILES string of the molecule is Nc1nc(SCC#Cc2ccccc2)n[nH]1. The number of benzene rings is 1. The van der Waals surface area contributed by atoms with E-state index in [0.717, 1.165) is 5.56 Å². The van der Waals surface area contributed by atoms with E-state index in [1.807, 2.05) is 30.3 Å². The summed E-state index contributed by atoms with van der Waals surface area (Å²) in [5, 5.41) is 7.09. The summed E-state index contributed by atoms with van der Waals surface area (Å²) in [6.07, 6.45) is 0. The van der Waals surface area contributed by atoms with Crippen molar-refractivity contribution in [1.29, 1.82) is 0 Å².